The molecule has 2 rings (SSSR count). The third-order valence-electron chi connectivity index (χ3n) is 3.16. The standard InChI is InChI=1S/C19H17Br2NO4/c1-2-25-18(24)11-8-13-6-9-14(10-7-13)22-17(23)12-26-19-15(20)4-3-5-16(19)21/h3-11H,2,12H2,1H3,(H,22,23). The molecule has 7 heteroatoms. The van der Waals surface area contributed by atoms with E-state index in [0.717, 1.165) is 14.5 Å². The molecule has 1 N–H and O–H groups in total. The highest BCUT2D eigenvalue weighted by Gasteiger charge is 2.09. The third kappa shape index (κ3) is 6.31. The fourth-order valence-electron chi connectivity index (χ4n) is 1.99. The number of rotatable bonds is 7. The van der Waals surface area contributed by atoms with Crippen molar-refractivity contribution in [1.29, 1.82) is 0 Å². The number of amides is 1. The van der Waals surface area contributed by atoms with E-state index in [1.807, 2.05) is 18.2 Å². The molecule has 0 spiro atoms. The lowest BCUT2D eigenvalue weighted by Gasteiger charge is -2.10. The Kier molecular flexibility index (Phi) is 7.87. The van der Waals surface area contributed by atoms with Crippen molar-refractivity contribution in [2.45, 2.75) is 6.92 Å². The first kappa shape index (κ1) is 20.2. The Morgan fingerprint density at radius 2 is 1.73 bits per heavy atom. The molecule has 26 heavy (non-hydrogen) atoms. The first-order valence-electron chi connectivity index (χ1n) is 7.81. The predicted molar refractivity (Wildman–Crippen MR) is 108 cm³/mol. The summed E-state index contributed by atoms with van der Waals surface area (Å²) in [4.78, 5) is 23.3. The van der Waals surface area contributed by atoms with Gasteiger partial charge in [-0.15, -0.1) is 0 Å². The van der Waals surface area contributed by atoms with Crippen LogP contribution in [-0.4, -0.2) is 25.1 Å². The number of para-hydroxylation sites is 1. The highest BCUT2D eigenvalue weighted by molar-refractivity contribution is 9.11. The maximum absolute atomic E-state index is 12.0. The predicted octanol–water partition coefficient (Wildman–Crippen LogP) is 4.81. The second-order valence-corrected chi connectivity index (χ2v) is 6.80. The van der Waals surface area contributed by atoms with Crippen LogP contribution in [0.1, 0.15) is 12.5 Å². The summed E-state index contributed by atoms with van der Waals surface area (Å²) >= 11 is 6.76. The molecule has 0 unspecified atom stereocenters. The van der Waals surface area contributed by atoms with Gasteiger partial charge in [-0.05, 0) is 74.7 Å². The largest absolute Gasteiger partial charge is 0.481 e. The summed E-state index contributed by atoms with van der Waals surface area (Å²) in [5.41, 5.74) is 1.46. The highest BCUT2D eigenvalue weighted by atomic mass is 79.9. The van der Waals surface area contributed by atoms with Gasteiger partial charge < -0.3 is 14.8 Å². The summed E-state index contributed by atoms with van der Waals surface area (Å²) in [5, 5.41) is 2.75. The molecule has 0 aliphatic rings. The number of carbonyl (C=O) groups is 2. The summed E-state index contributed by atoms with van der Waals surface area (Å²) < 4.78 is 11.9. The zero-order chi connectivity index (χ0) is 18.9. The van der Waals surface area contributed by atoms with Crippen LogP contribution in [0, 0.1) is 0 Å². The average Bonchev–Trinajstić information content (AvgIpc) is 2.61. The van der Waals surface area contributed by atoms with Crippen LogP contribution in [-0.2, 0) is 14.3 Å². The molecule has 136 valence electrons. The van der Waals surface area contributed by atoms with Crippen LogP contribution in [0.25, 0.3) is 6.08 Å². The van der Waals surface area contributed by atoms with Gasteiger partial charge in [-0.25, -0.2) is 4.79 Å². The number of esters is 1. The summed E-state index contributed by atoms with van der Waals surface area (Å²) in [5.74, 6) is -0.0927. The number of nitrogens with one attached hydrogen (secondary N) is 1. The Bertz CT molecular complexity index is 783. The lowest BCUT2D eigenvalue weighted by Crippen LogP contribution is -2.20. The quantitative estimate of drug-likeness (QED) is 0.454. The Morgan fingerprint density at radius 1 is 1.08 bits per heavy atom. The fourth-order valence-corrected chi connectivity index (χ4v) is 3.21. The Morgan fingerprint density at radius 3 is 2.35 bits per heavy atom. The van der Waals surface area contributed by atoms with E-state index in [9.17, 15) is 9.59 Å². The summed E-state index contributed by atoms with van der Waals surface area (Å²) in [6.45, 7) is 1.97. The second kappa shape index (κ2) is 10.1. The highest BCUT2D eigenvalue weighted by Crippen LogP contribution is 2.32. The molecule has 0 saturated carbocycles. The van der Waals surface area contributed by atoms with Crippen molar-refractivity contribution in [3.8, 4) is 5.75 Å². The second-order valence-electron chi connectivity index (χ2n) is 5.10. The minimum atomic E-state index is -0.389. The molecule has 0 fully saturated rings. The zero-order valence-electron chi connectivity index (χ0n) is 14.0. The van der Waals surface area contributed by atoms with Crippen LogP contribution >= 0.6 is 31.9 Å². The van der Waals surface area contributed by atoms with Crippen molar-refractivity contribution < 1.29 is 19.1 Å². The maximum atomic E-state index is 12.0. The molecule has 0 atom stereocenters. The smallest absolute Gasteiger partial charge is 0.330 e. The number of hydrogen-bond donors (Lipinski definition) is 1. The Balaban J connectivity index is 1.88. The number of benzene rings is 2. The van der Waals surface area contributed by atoms with E-state index < -0.39 is 0 Å². The van der Waals surface area contributed by atoms with E-state index >= 15 is 0 Å². The van der Waals surface area contributed by atoms with Gasteiger partial charge in [0, 0.05) is 11.8 Å². The van der Waals surface area contributed by atoms with Crippen LogP contribution in [0.4, 0.5) is 5.69 Å². The van der Waals surface area contributed by atoms with Crippen LogP contribution in [0.15, 0.2) is 57.5 Å². The summed E-state index contributed by atoms with van der Waals surface area (Å²) in [7, 11) is 0. The van der Waals surface area contributed by atoms with Crippen molar-refractivity contribution in [2.75, 3.05) is 18.5 Å². The van der Waals surface area contributed by atoms with Crippen LogP contribution in [0.2, 0.25) is 0 Å². The van der Waals surface area contributed by atoms with Gasteiger partial charge in [0.05, 0.1) is 15.6 Å². The van der Waals surface area contributed by atoms with E-state index in [1.54, 1.807) is 37.3 Å². The number of ether oxygens (including phenoxy) is 2. The van der Waals surface area contributed by atoms with Crippen LogP contribution in [0.3, 0.4) is 0 Å². The topological polar surface area (TPSA) is 64.6 Å². The normalized spacial score (nSPS) is 10.6. The Labute approximate surface area is 168 Å². The molecule has 5 nitrogen and oxygen atoms in total. The molecule has 0 radical (unpaired) electrons. The van der Waals surface area contributed by atoms with Crippen molar-refractivity contribution in [1.82, 2.24) is 0 Å². The van der Waals surface area contributed by atoms with E-state index in [1.165, 1.54) is 6.08 Å². The van der Waals surface area contributed by atoms with Crippen molar-refractivity contribution in [2.24, 2.45) is 0 Å². The van der Waals surface area contributed by atoms with Gasteiger partial charge in [-0.1, -0.05) is 18.2 Å². The minimum absolute atomic E-state index is 0.119. The maximum Gasteiger partial charge on any atom is 0.330 e. The Hall–Kier alpha value is -2.12. The van der Waals surface area contributed by atoms with E-state index in [4.69, 9.17) is 9.47 Å². The molecule has 0 aromatic heterocycles. The van der Waals surface area contributed by atoms with Gasteiger partial charge in [0.25, 0.3) is 5.91 Å². The monoisotopic (exact) mass is 481 g/mol. The molecule has 0 heterocycles. The summed E-state index contributed by atoms with van der Waals surface area (Å²) in [6.07, 6.45) is 3.01. The van der Waals surface area contributed by atoms with Crippen molar-refractivity contribution >= 4 is 55.5 Å². The number of hydrogen-bond acceptors (Lipinski definition) is 4. The molecular weight excluding hydrogens is 466 g/mol. The first-order valence-corrected chi connectivity index (χ1v) is 9.39. The minimum Gasteiger partial charge on any atom is -0.481 e. The number of anilines is 1. The molecule has 2 aromatic carbocycles. The molecule has 0 aliphatic carbocycles. The third-order valence-corrected chi connectivity index (χ3v) is 4.41. The fraction of sp³-hybridized carbons (Fsp3) is 0.158. The number of halogens is 2. The van der Waals surface area contributed by atoms with Gasteiger partial charge in [0.15, 0.2) is 6.61 Å². The van der Waals surface area contributed by atoms with Crippen LogP contribution in [0.5, 0.6) is 5.75 Å². The zero-order valence-corrected chi connectivity index (χ0v) is 17.2. The van der Waals surface area contributed by atoms with Crippen molar-refractivity contribution in [3.63, 3.8) is 0 Å². The van der Waals surface area contributed by atoms with Crippen LogP contribution < -0.4 is 10.1 Å². The van der Waals surface area contributed by atoms with Crippen molar-refractivity contribution in [3.05, 3.63) is 63.0 Å². The SMILES string of the molecule is CCOC(=O)C=Cc1ccc(NC(=O)COc2c(Br)cccc2Br)cc1. The van der Waals surface area contributed by atoms with E-state index in [0.29, 0.717) is 18.0 Å². The molecule has 0 saturated heterocycles. The first-order chi connectivity index (χ1) is 12.5. The van der Waals surface area contributed by atoms with Gasteiger partial charge >= 0.3 is 5.97 Å². The molecule has 0 bridgehead atoms. The average molecular weight is 483 g/mol. The van der Waals surface area contributed by atoms with Gasteiger partial charge in [0.1, 0.15) is 5.75 Å². The van der Waals surface area contributed by atoms with Gasteiger partial charge in [-0.3, -0.25) is 4.79 Å². The lowest BCUT2D eigenvalue weighted by molar-refractivity contribution is -0.137. The lowest BCUT2D eigenvalue weighted by atomic mass is 10.2. The molecule has 0 aliphatic heterocycles. The number of carbonyl (C=O) groups excluding carboxylic acids is 2. The van der Waals surface area contributed by atoms with E-state index in [-0.39, 0.29) is 18.5 Å². The van der Waals surface area contributed by atoms with E-state index in [2.05, 4.69) is 37.2 Å². The van der Waals surface area contributed by atoms with Gasteiger partial charge in [-0.2, -0.15) is 0 Å². The molecule has 1 amide bonds. The molecular formula is C19H17Br2NO4. The molecule has 2 aromatic rings. The summed E-state index contributed by atoms with van der Waals surface area (Å²) in [6, 6.07) is 12.6. The van der Waals surface area contributed by atoms with Gasteiger partial charge in [0.2, 0.25) is 0 Å².